The lowest BCUT2D eigenvalue weighted by molar-refractivity contribution is 0.174. The molecule has 1 heterocycles. The fraction of sp³-hybridized carbons (Fsp3) is 0.556. The van der Waals surface area contributed by atoms with Crippen LogP contribution in [-0.4, -0.2) is 19.5 Å². The second-order valence-electron chi connectivity index (χ2n) is 2.87. The van der Waals surface area contributed by atoms with Crippen LogP contribution in [0.3, 0.4) is 0 Å². The number of hydrogen-bond acceptors (Lipinski definition) is 3. The van der Waals surface area contributed by atoms with Crippen LogP contribution in [-0.2, 0) is 9.47 Å². The van der Waals surface area contributed by atoms with Crippen LogP contribution in [0.5, 0.6) is 0 Å². The molecule has 0 aromatic rings. The number of thioether (sulfide) groups is 1. The number of ether oxygens (including phenoxy) is 2. The Morgan fingerprint density at radius 1 is 1.50 bits per heavy atom. The maximum absolute atomic E-state index is 5.48. The molecule has 0 spiro atoms. The first kappa shape index (κ1) is 9.52. The molecule has 1 aliphatic heterocycles. The van der Waals surface area contributed by atoms with E-state index in [1.165, 1.54) is 0 Å². The lowest BCUT2D eigenvalue weighted by Crippen LogP contribution is -2.06. The molecule has 0 saturated carbocycles. The molecular formula is C9H14O2S. The van der Waals surface area contributed by atoms with E-state index in [0.717, 1.165) is 5.76 Å². The van der Waals surface area contributed by atoms with E-state index in [1.54, 1.807) is 11.8 Å². The molecule has 1 rings (SSSR count). The predicted octanol–water partition coefficient (Wildman–Crippen LogP) is 2.39. The third kappa shape index (κ3) is 2.48. The van der Waals surface area contributed by atoms with Gasteiger partial charge in [-0.15, -0.1) is 11.8 Å². The van der Waals surface area contributed by atoms with Gasteiger partial charge >= 0.3 is 0 Å². The Labute approximate surface area is 77.6 Å². The molecule has 0 bridgehead atoms. The summed E-state index contributed by atoms with van der Waals surface area (Å²) in [6.07, 6.45) is 1.98. The highest BCUT2D eigenvalue weighted by Gasteiger charge is 2.14. The van der Waals surface area contributed by atoms with Crippen molar-refractivity contribution in [3.63, 3.8) is 0 Å². The fourth-order valence-corrected chi connectivity index (χ4v) is 1.29. The highest BCUT2D eigenvalue weighted by atomic mass is 32.2. The first-order valence-electron chi connectivity index (χ1n) is 3.92. The number of hydrogen-bond donors (Lipinski definition) is 0. The van der Waals surface area contributed by atoms with Gasteiger partial charge in [-0.25, -0.2) is 0 Å². The van der Waals surface area contributed by atoms with Crippen molar-refractivity contribution in [2.75, 3.05) is 19.5 Å². The molecule has 1 unspecified atom stereocenters. The van der Waals surface area contributed by atoms with Crippen LogP contribution in [0, 0.1) is 5.92 Å². The highest BCUT2D eigenvalue weighted by Crippen LogP contribution is 2.20. The molecule has 1 atom stereocenters. The zero-order valence-corrected chi connectivity index (χ0v) is 8.32. The SMILES string of the molecule is C=C1OCC(C)CO/C1=C/SC. The van der Waals surface area contributed by atoms with Crippen LogP contribution in [0.1, 0.15) is 6.92 Å². The minimum atomic E-state index is 0.439. The van der Waals surface area contributed by atoms with E-state index < -0.39 is 0 Å². The van der Waals surface area contributed by atoms with Gasteiger partial charge < -0.3 is 9.47 Å². The van der Waals surface area contributed by atoms with Crippen molar-refractivity contribution in [1.29, 1.82) is 0 Å². The molecule has 1 aliphatic rings. The Morgan fingerprint density at radius 2 is 2.17 bits per heavy atom. The molecule has 1 saturated heterocycles. The summed E-state index contributed by atoms with van der Waals surface area (Å²) in [5.74, 6) is 1.86. The molecule has 1 fully saturated rings. The van der Waals surface area contributed by atoms with Gasteiger partial charge in [-0.3, -0.25) is 0 Å². The smallest absolute Gasteiger partial charge is 0.166 e. The summed E-state index contributed by atoms with van der Waals surface area (Å²) >= 11 is 1.59. The minimum Gasteiger partial charge on any atom is -0.490 e. The van der Waals surface area contributed by atoms with Crippen molar-refractivity contribution in [1.82, 2.24) is 0 Å². The maximum atomic E-state index is 5.48. The van der Waals surface area contributed by atoms with Crippen molar-refractivity contribution in [3.8, 4) is 0 Å². The molecule has 0 aromatic heterocycles. The molecule has 3 heteroatoms. The molecule has 0 amide bonds. The van der Waals surface area contributed by atoms with E-state index in [2.05, 4.69) is 13.5 Å². The Balaban J connectivity index is 2.62. The van der Waals surface area contributed by atoms with E-state index in [1.807, 2.05) is 11.7 Å². The van der Waals surface area contributed by atoms with Gasteiger partial charge in [0.15, 0.2) is 11.5 Å². The summed E-state index contributed by atoms with van der Waals surface area (Å²) in [5.41, 5.74) is 0. The summed E-state index contributed by atoms with van der Waals surface area (Å²) in [5, 5.41) is 1.92. The van der Waals surface area contributed by atoms with Gasteiger partial charge in [-0.2, -0.15) is 0 Å². The maximum Gasteiger partial charge on any atom is 0.166 e. The summed E-state index contributed by atoms with van der Waals surface area (Å²) in [6.45, 7) is 7.29. The third-order valence-electron chi connectivity index (χ3n) is 1.57. The fourth-order valence-electron chi connectivity index (χ4n) is 0.881. The van der Waals surface area contributed by atoms with E-state index in [-0.39, 0.29) is 0 Å². The molecule has 2 nitrogen and oxygen atoms in total. The monoisotopic (exact) mass is 186 g/mol. The van der Waals surface area contributed by atoms with Crippen molar-refractivity contribution in [3.05, 3.63) is 23.5 Å². The van der Waals surface area contributed by atoms with Gasteiger partial charge in [0.2, 0.25) is 0 Å². The van der Waals surface area contributed by atoms with Crippen molar-refractivity contribution < 1.29 is 9.47 Å². The topological polar surface area (TPSA) is 18.5 Å². The van der Waals surface area contributed by atoms with Gasteiger partial charge in [0, 0.05) is 11.3 Å². The summed E-state index contributed by atoms with van der Waals surface area (Å²) in [4.78, 5) is 0. The van der Waals surface area contributed by atoms with Gasteiger partial charge in [0.05, 0.1) is 13.2 Å². The third-order valence-corrected chi connectivity index (χ3v) is 2.01. The second-order valence-corrected chi connectivity index (χ2v) is 3.58. The highest BCUT2D eigenvalue weighted by molar-refractivity contribution is 8.01. The average Bonchev–Trinajstić information content (AvgIpc) is 2.20. The van der Waals surface area contributed by atoms with Crippen molar-refractivity contribution in [2.24, 2.45) is 5.92 Å². The van der Waals surface area contributed by atoms with E-state index >= 15 is 0 Å². The van der Waals surface area contributed by atoms with Crippen molar-refractivity contribution >= 4 is 11.8 Å². The molecule has 0 radical (unpaired) electrons. The Kier molecular flexibility index (Phi) is 3.53. The van der Waals surface area contributed by atoms with E-state index in [9.17, 15) is 0 Å². The predicted molar refractivity (Wildman–Crippen MR) is 51.8 cm³/mol. The van der Waals surface area contributed by atoms with Gasteiger partial charge in [-0.05, 0) is 6.26 Å². The lowest BCUT2D eigenvalue weighted by atomic mass is 10.2. The van der Waals surface area contributed by atoms with Gasteiger partial charge in [0.1, 0.15) is 0 Å². The average molecular weight is 186 g/mol. The lowest BCUT2D eigenvalue weighted by Gasteiger charge is -2.06. The minimum absolute atomic E-state index is 0.439. The first-order valence-corrected chi connectivity index (χ1v) is 5.20. The van der Waals surface area contributed by atoms with Crippen LogP contribution in [0.4, 0.5) is 0 Å². The first-order chi connectivity index (χ1) is 5.74. The normalized spacial score (nSPS) is 27.7. The van der Waals surface area contributed by atoms with E-state index in [4.69, 9.17) is 9.47 Å². The van der Waals surface area contributed by atoms with Gasteiger partial charge in [0.25, 0.3) is 0 Å². The summed E-state index contributed by atoms with van der Waals surface area (Å²) in [6, 6.07) is 0. The molecule has 68 valence electrons. The summed E-state index contributed by atoms with van der Waals surface area (Å²) < 4.78 is 10.9. The van der Waals surface area contributed by atoms with Crippen LogP contribution < -0.4 is 0 Å². The molecule has 0 N–H and O–H groups in total. The van der Waals surface area contributed by atoms with Crippen LogP contribution in [0.25, 0.3) is 0 Å². The summed E-state index contributed by atoms with van der Waals surface area (Å²) in [7, 11) is 0. The Hall–Kier alpha value is -0.570. The van der Waals surface area contributed by atoms with Gasteiger partial charge in [-0.1, -0.05) is 13.5 Å². The quantitative estimate of drug-likeness (QED) is 0.626. The standard InChI is InChI=1S/C9H14O2S/c1-7-4-10-8(2)9(6-12-3)11-5-7/h6-7H,2,4-5H2,1,3H3/b9-6+. The van der Waals surface area contributed by atoms with Crippen LogP contribution >= 0.6 is 11.8 Å². The Morgan fingerprint density at radius 3 is 2.83 bits per heavy atom. The van der Waals surface area contributed by atoms with Crippen molar-refractivity contribution in [2.45, 2.75) is 6.92 Å². The zero-order chi connectivity index (χ0) is 8.97. The number of rotatable bonds is 1. The largest absolute Gasteiger partial charge is 0.490 e. The second kappa shape index (κ2) is 4.45. The molecular weight excluding hydrogens is 172 g/mol. The Bertz CT molecular complexity index is 199. The molecule has 12 heavy (non-hydrogen) atoms. The van der Waals surface area contributed by atoms with Crippen LogP contribution in [0.15, 0.2) is 23.5 Å². The van der Waals surface area contributed by atoms with E-state index in [0.29, 0.717) is 24.9 Å². The molecule has 0 aromatic carbocycles. The zero-order valence-electron chi connectivity index (χ0n) is 7.50. The van der Waals surface area contributed by atoms with Crippen LogP contribution in [0.2, 0.25) is 0 Å². The molecule has 0 aliphatic carbocycles.